The van der Waals surface area contributed by atoms with Crippen LogP contribution in [0.3, 0.4) is 0 Å². The van der Waals surface area contributed by atoms with E-state index in [0.29, 0.717) is 12.6 Å². The molecular formula is C24H21O3S6Sb. The monoisotopic (exact) mass is 670 g/mol. The van der Waals surface area contributed by atoms with Crippen molar-refractivity contribution in [2.75, 3.05) is 21.3 Å². The number of benzene rings is 3. The molecule has 3 aromatic rings. The molecule has 0 aliphatic carbocycles. The largest absolute Gasteiger partial charge is 3.00 e. The molecule has 0 bridgehead atoms. The molecule has 0 aliphatic rings. The molecule has 0 aliphatic heterocycles. The van der Waals surface area contributed by atoms with E-state index >= 15 is 0 Å². The van der Waals surface area contributed by atoms with Crippen LogP contribution in [-0.2, 0) is 37.9 Å². The predicted molar refractivity (Wildman–Crippen MR) is 162 cm³/mol. The summed E-state index contributed by atoms with van der Waals surface area (Å²) < 4.78 is 16.4. The molecule has 0 N–H and O–H groups in total. The average molecular weight is 672 g/mol. The van der Waals surface area contributed by atoms with Crippen LogP contribution in [0.25, 0.3) is 0 Å². The fourth-order valence-corrected chi connectivity index (χ4v) is 3.00. The maximum Gasteiger partial charge on any atom is 3.00 e. The standard InChI is InChI=1S/3C8H8OS2.Sb/c3*1-9-7-4-2-6(3-5-7)8(10)11;/h3*2-5H,1H3,(H,10,11);/q;;;+3/p-3. The molecule has 0 atom stereocenters. The normalized spacial score (nSPS) is 8.91. The molecule has 10 heteroatoms. The minimum atomic E-state index is 0. The Morgan fingerprint density at radius 1 is 0.471 bits per heavy atom. The molecule has 2 radical (unpaired) electrons. The molecule has 0 amide bonds. The summed E-state index contributed by atoms with van der Waals surface area (Å²) >= 11 is 28.9. The van der Waals surface area contributed by atoms with Gasteiger partial charge in [-0.15, -0.1) is 12.6 Å². The zero-order valence-corrected chi connectivity index (χ0v) is 26.0. The van der Waals surface area contributed by atoms with Gasteiger partial charge in [-0.3, -0.25) is 0 Å². The van der Waals surface area contributed by atoms with Gasteiger partial charge in [0.2, 0.25) is 0 Å². The van der Waals surface area contributed by atoms with Crippen LogP contribution in [0.5, 0.6) is 17.2 Å². The quantitative estimate of drug-likeness (QED) is 0.195. The van der Waals surface area contributed by atoms with Crippen molar-refractivity contribution in [3.05, 3.63) is 89.5 Å². The Bertz CT molecular complexity index is 903. The van der Waals surface area contributed by atoms with Crippen molar-refractivity contribution in [1.29, 1.82) is 0 Å². The summed E-state index contributed by atoms with van der Waals surface area (Å²) in [5.74, 6) is 2.46. The molecule has 0 saturated carbocycles. The summed E-state index contributed by atoms with van der Waals surface area (Å²) in [6.07, 6.45) is 0. The number of hydrogen-bond acceptors (Lipinski definition) is 9. The van der Waals surface area contributed by atoms with Crippen LogP contribution in [0.1, 0.15) is 16.7 Å². The van der Waals surface area contributed by atoms with E-state index in [1.165, 1.54) is 0 Å². The number of ether oxygens (including phenoxy) is 3. The Kier molecular flexibility index (Phi) is 17.5. The summed E-state index contributed by atoms with van der Waals surface area (Å²) in [6.45, 7) is 0. The van der Waals surface area contributed by atoms with Crippen LogP contribution in [0.4, 0.5) is 0 Å². The van der Waals surface area contributed by atoms with Crippen LogP contribution in [0, 0.1) is 0 Å². The Labute approximate surface area is 251 Å². The molecule has 176 valence electrons. The van der Waals surface area contributed by atoms with Crippen molar-refractivity contribution in [3.8, 4) is 17.2 Å². The van der Waals surface area contributed by atoms with Gasteiger partial charge in [0.1, 0.15) is 17.2 Å². The van der Waals surface area contributed by atoms with Crippen molar-refractivity contribution < 1.29 is 14.2 Å². The maximum atomic E-state index is 4.97. The fraction of sp³-hybridized carbons (Fsp3) is 0.125. The molecule has 0 heterocycles. The molecule has 0 unspecified atom stereocenters. The first kappa shape index (κ1) is 32.8. The molecule has 34 heavy (non-hydrogen) atoms. The maximum absolute atomic E-state index is 4.97. The van der Waals surface area contributed by atoms with Gasteiger partial charge in [-0.2, -0.15) is 0 Å². The van der Waals surface area contributed by atoms with E-state index in [1.807, 2.05) is 72.8 Å². The summed E-state index contributed by atoms with van der Waals surface area (Å²) in [5.41, 5.74) is 2.70. The molecule has 3 rings (SSSR count). The Hall–Kier alpha value is -1.19. The van der Waals surface area contributed by atoms with Gasteiger partial charge in [0, 0.05) is 0 Å². The summed E-state index contributed by atoms with van der Waals surface area (Å²) in [7, 11) is 4.88. The fourth-order valence-electron chi connectivity index (χ4n) is 2.18. The first-order chi connectivity index (χ1) is 15.7. The summed E-state index contributed by atoms with van der Waals surface area (Å²) in [4.78, 5) is 0. The van der Waals surface area contributed by atoms with E-state index < -0.39 is 0 Å². The first-order valence-electron chi connectivity index (χ1n) is 9.28. The minimum absolute atomic E-state index is 0. The van der Waals surface area contributed by atoms with E-state index in [-0.39, 0.29) is 24.4 Å². The second kappa shape index (κ2) is 18.1. The molecular weight excluding hydrogens is 650 g/mol. The van der Waals surface area contributed by atoms with Gasteiger partial charge >= 0.3 is 24.4 Å². The van der Waals surface area contributed by atoms with E-state index in [4.69, 9.17) is 88.8 Å². The smallest absolute Gasteiger partial charge is 0.497 e. The second-order valence-electron chi connectivity index (χ2n) is 6.05. The summed E-state index contributed by atoms with van der Waals surface area (Å²) in [6, 6.07) is 22.2. The van der Waals surface area contributed by atoms with Crippen molar-refractivity contribution in [1.82, 2.24) is 0 Å². The van der Waals surface area contributed by atoms with Crippen molar-refractivity contribution in [3.63, 3.8) is 0 Å². The predicted octanol–water partition coefficient (Wildman–Crippen LogP) is 5.37. The number of rotatable bonds is 6. The van der Waals surface area contributed by atoms with E-state index in [2.05, 4.69) is 0 Å². The zero-order chi connectivity index (χ0) is 24.8. The van der Waals surface area contributed by atoms with Crippen LogP contribution in [-0.4, -0.2) is 58.3 Å². The van der Waals surface area contributed by atoms with Gasteiger partial charge in [-0.05, 0) is 53.1 Å². The van der Waals surface area contributed by atoms with Crippen LogP contribution in [0.15, 0.2) is 72.8 Å². The zero-order valence-electron chi connectivity index (χ0n) is 18.5. The Morgan fingerprint density at radius 2 is 0.647 bits per heavy atom. The Morgan fingerprint density at radius 3 is 0.765 bits per heavy atom. The molecule has 0 spiro atoms. The van der Waals surface area contributed by atoms with Crippen molar-refractivity contribution in [2.45, 2.75) is 0 Å². The first-order valence-corrected chi connectivity index (χ1v) is 11.7. The second-order valence-corrected chi connectivity index (χ2v) is 9.27. The number of methoxy groups -OCH3 is 3. The summed E-state index contributed by atoms with van der Waals surface area (Å²) in [5, 5.41) is 0. The van der Waals surface area contributed by atoms with Gasteiger partial charge in [0.25, 0.3) is 0 Å². The molecule has 3 nitrogen and oxygen atoms in total. The molecule has 0 saturated heterocycles. The SMILES string of the molecule is COc1ccc(C(=S)[S-])cc1.COc1ccc(C(=S)[S-])cc1.COc1ccc(C(=S)[S-])cc1.[Sb+3]. The average Bonchev–Trinajstić information content (AvgIpc) is 2.84. The van der Waals surface area contributed by atoms with Gasteiger partial charge < -0.3 is 88.8 Å². The third kappa shape index (κ3) is 12.5. The minimum Gasteiger partial charge on any atom is -0.497 e. The van der Waals surface area contributed by atoms with Crippen molar-refractivity contribution in [2.24, 2.45) is 0 Å². The molecule has 0 aromatic heterocycles. The van der Waals surface area contributed by atoms with Gasteiger partial charge in [0.05, 0.1) is 21.3 Å². The van der Waals surface area contributed by atoms with E-state index in [9.17, 15) is 0 Å². The van der Waals surface area contributed by atoms with Gasteiger partial charge in [0.15, 0.2) is 0 Å². The molecule has 0 fully saturated rings. The Balaban J connectivity index is 0.000000473. The third-order valence-corrected chi connectivity index (χ3v) is 5.39. The third-order valence-electron chi connectivity index (χ3n) is 3.98. The topological polar surface area (TPSA) is 27.7 Å². The van der Waals surface area contributed by atoms with Crippen LogP contribution < -0.4 is 14.2 Å². The van der Waals surface area contributed by atoms with E-state index in [0.717, 1.165) is 33.9 Å². The number of thiocarbonyl (C=S) groups is 3. The number of hydrogen-bond donors (Lipinski definition) is 0. The van der Waals surface area contributed by atoms with Crippen LogP contribution >= 0.6 is 36.7 Å². The van der Waals surface area contributed by atoms with Crippen LogP contribution in [0.2, 0.25) is 0 Å². The van der Waals surface area contributed by atoms with Gasteiger partial charge in [-0.25, -0.2) is 0 Å². The molecule has 3 aromatic carbocycles. The van der Waals surface area contributed by atoms with Gasteiger partial charge in [-0.1, -0.05) is 36.4 Å². The van der Waals surface area contributed by atoms with Crippen molar-refractivity contribution >= 4 is 112 Å². The van der Waals surface area contributed by atoms with E-state index in [1.54, 1.807) is 21.3 Å².